The molecule has 2 fully saturated rings. The van der Waals surface area contributed by atoms with Gasteiger partial charge in [0.2, 0.25) is 5.91 Å². The minimum absolute atomic E-state index is 0. The van der Waals surface area contributed by atoms with Gasteiger partial charge in [-0.2, -0.15) is 0 Å². The summed E-state index contributed by atoms with van der Waals surface area (Å²) in [5, 5.41) is 0. The summed E-state index contributed by atoms with van der Waals surface area (Å²) in [6, 6.07) is 7.27. The summed E-state index contributed by atoms with van der Waals surface area (Å²) in [4.78, 5) is 27.1. The van der Waals surface area contributed by atoms with E-state index in [1.165, 1.54) is 0 Å². The van der Waals surface area contributed by atoms with Gasteiger partial charge in [-0.25, -0.2) is 0 Å². The number of ether oxygens (including phenoxy) is 1. The number of benzene rings is 1. The number of hydrogen-bond donors (Lipinski definition) is 1. The minimum atomic E-state index is -0.0150. The molecule has 1 aromatic carbocycles. The Morgan fingerprint density at radius 3 is 2.24 bits per heavy atom. The average molecular weight is 367 g/mol. The molecule has 1 aliphatic carbocycles. The first-order chi connectivity index (χ1) is 11.6. The van der Waals surface area contributed by atoms with Gasteiger partial charge in [0, 0.05) is 30.6 Å². The highest BCUT2D eigenvalue weighted by molar-refractivity contribution is 5.98. The second-order valence-corrected chi connectivity index (χ2v) is 6.89. The van der Waals surface area contributed by atoms with E-state index in [9.17, 15) is 9.59 Å². The molecule has 0 aromatic heterocycles. The largest absolute Gasteiger partial charge is 0.497 e. The van der Waals surface area contributed by atoms with Crippen LogP contribution < -0.4 is 10.5 Å². The maximum Gasteiger partial charge on any atom is 0.227 e. The van der Waals surface area contributed by atoms with Crippen LogP contribution in [0.3, 0.4) is 0 Å². The van der Waals surface area contributed by atoms with Crippen LogP contribution in [0.2, 0.25) is 0 Å². The van der Waals surface area contributed by atoms with Gasteiger partial charge in [0.25, 0.3) is 0 Å². The van der Waals surface area contributed by atoms with Crippen LogP contribution in [0, 0.1) is 11.8 Å². The van der Waals surface area contributed by atoms with Gasteiger partial charge < -0.3 is 15.4 Å². The SMILES string of the molecule is COc1ccc(C(=O)C2CCN(C(=O)C3CCCC3N)CC2)cc1.Cl. The van der Waals surface area contributed by atoms with Crippen molar-refractivity contribution in [1.29, 1.82) is 0 Å². The Bertz CT molecular complexity index is 597. The summed E-state index contributed by atoms with van der Waals surface area (Å²) in [5.41, 5.74) is 6.77. The van der Waals surface area contributed by atoms with Crippen LogP contribution in [0.4, 0.5) is 0 Å². The molecule has 0 bridgehead atoms. The van der Waals surface area contributed by atoms with E-state index in [0.717, 1.165) is 43.4 Å². The van der Waals surface area contributed by atoms with Gasteiger partial charge in [0.05, 0.1) is 13.0 Å². The zero-order valence-electron chi connectivity index (χ0n) is 14.6. The number of methoxy groups -OCH3 is 1. The van der Waals surface area contributed by atoms with Crippen molar-refractivity contribution in [2.45, 2.75) is 38.1 Å². The smallest absolute Gasteiger partial charge is 0.227 e. The first-order valence-electron chi connectivity index (χ1n) is 8.83. The van der Waals surface area contributed by atoms with Crippen molar-refractivity contribution in [3.63, 3.8) is 0 Å². The molecule has 1 saturated heterocycles. The number of halogens is 1. The molecule has 2 N–H and O–H groups in total. The van der Waals surface area contributed by atoms with Crippen molar-refractivity contribution in [1.82, 2.24) is 4.90 Å². The third-order valence-corrected chi connectivity index (χ3v) is 5.44. The quantitative estimate of drug-likeness (QED) is 0.831. The second kappa shape index (κ2) is 8.68. The third kappa shape index (κ3) is 4.33. The number of nitrogens with two attached hydrogens (primary N) is 1. The topological polar surface area (TPSA) is 72.6 Å². The zero-order chi connectivity index (χ0) is 17.1. The number of rotatable bonds is 4. The molecule has 1 heterocycles. The molecule has 0 radical (unpaired) electrons. The highest BCUT2D eigenvalue weighted by Gasteiger charge is 2.35. The lowest BCUT2D eigenvalue weighted by atomic mass is 9.88. The molecule has 6 heteroatoms. The van der Waals surface area contributed by atoms with E-state index in [-0.39, 0.29) is 42.0 Å². The van der Waals surface area contributed by atoms with Crippen LogP contribution >= 0.6 is 12.4 Å². The van der Waals surface area contributed by atoms with Gasteiger partial charge in [-0.3, -0.25) is 9.59 Å². The Morgan fingerprint density at radius 1 is 1.08 bits per heavy atom. The maximum absolute atomic E-state index is 12.6. The van der Waals surface area contributed by atoms with Crippen molar-refractivity contribution in [3.8, 4) is 5.75 Å². The van der Waals surface area contributed by atoms with Crippen LogP contribution in [0.25, 0.3) is 0 Å². The van der Waals surface area contributed by atoms with E-state index < -0.39 is 0 Å². The number of hydrogen-bond acceptors (Lipinski definition) is 4. The first kappa shape index (κ1) is 19.7. The summed E-state index contributed by atoms with van der Waals surface area (Å²) in [5.74, 6) is 1.09. The van der Waals surface area contributed by atoms with Crippen molar-refractivity contribution >= 4 is 24.1 Å². The number of carbonyl (C=O) groups is 2. The number of likely N-dealkylation sites (tertiary alicyclic amines) is 1. The van der Waals surface area contributed by atoms with Crippen LogP contribution in [0.5, 0.6) is 5.75 Å². The van der Waals surface area contributed by atoms with Crippen LogP contribution in [-0.2, 0) is 4.79 Å². The molecular formula is C19H27ClN2O3. The normalized spacial score (nSPS) is 23.8. The second-order valence-electron chi connectivity index (χ2n) is 6.89. The third-order valence-electron chi connectivity index (χ3n) is 5.44. The number of nitrogens with zero attached hydrogens (tertiary/aromatic N) is 1. The van der Waals surface area contributed by atoms with Gasteiger partial charge in [-0.1, -0.05) is 6.42 Å². The zero-order valence-corrected chi connectivity index (χ0v) is 15.5. The van der Waals surface area contributed by atoms with E-state index in [2.05, 4.69) is 0 Å². The number of ketones is 1. The minimum Gasteiger partial charge on any atom is -0.497 e. The number of amides is 1. The molecule has 3 rings (SSSR count). The molecule has 2 atom stereocenters. The highest BCUT2D eigenvalue weighted by atomic mass is 35.5. The molecule has 1 saturated carbocycles. The molecule has 1 aliphatic heterocycles. The highest BCUT2D eigenvalue weighted by Crippen LogP contribution is 2.29. The molecule has 1 aromatic rings. The van der Waals surface area contributed by atoms with Crippen molar-refractivity contribution < 1.29 is 14.3 Å². The standard InChI is InChI=1S/C19H26N2O3.ClH/c1-24-15-7-5-13(6-8-15)18(22)14-9-11-21(12-10-14)19(23)16-3-2-4-17(16)20;/h5-8,14,16-17H,2-4,9-12,20H2,1H3;1H. The van der Waals surface area contributed by atoms with Gasteiger partial charge in [0.15, 0.2) is 5.78 Å². The Morgan fingerprint density at radius 2 is 1.72 bits per heavy atom. The predicted molar refractivity (Wildman–Crippen MR) is 99.2 cm³/mol. The molecular weight excluding hydrogens is 340 g/mol. The Labute approximate surface area is 155 Å². The van der Waals surface area contributed by atoms with Gasteiger partial charge in [-0.15, -0.1) is 12.4 Å². The molecule has 138 valence electrons. The Hall–Kier alpha value is -1.59. The van der Waals surface area contributed by atoms with Crippen molar-refractivity contribution in [2.75, 3.05) is 20.2 Å². The Kier molecular flexibility index (Phi) is 6.85. The number of carbonyl (C=O) groups excluding carboxylic acids is 2. The van der Waals surface area contributed by atoms with E-state index >= 15 is 0 Å². The van der Waals surface area contributed by atoms with Crippen molar-refractivity contribution in [3.05, 3.63) is 29.8 Å². The monoisotopic (exact) mass is 366 g/mol. The molecule has 1 amide bonds. The lowest BCUT2D eigenvalue weighted by molar-refractivity contribution is -0.137. The maximum atomic E-state index is 12.6. The fraction of sp³-hybridized carbons (Fsp3) is 0.579. The van der Waals surface area contributed by atoms with Gasteiger partial charge >= 0.3 is 0 Å². The van der Waals surface area contributed by atoms with Gasteiger partial charge in [-0.05, 0) is 49.9 Å². The molecule has 0 spiro atoms. The van der Waals surface area contributed by atoms with E-state index in [1.54, 1.807) is 7.11 Å². The van der Waals surface area contributed by atoms with Crippen molar-refractivity contribution in [2.24, 2.45) is 17.6 Å². The number of Topliss-reactive ketones (excluding diaryl/α,β-unsaturated/α-hetero) is 1. The first-order valence-corrected chi connectivity index (χ1v) is 8.83. The molecule has 25 heavy (non-hydrogen) atoms. The Balaban J connectivity index is 0.00000225. The summed E-state index contributed by atoms with van der Waals surface area (Å²) < 4.78 is 5.13. The molecule has 2 aliphatic rings. The summed E-state index contributed by atoms with van der Waals surface area (Å²) in [7, 11) is 1.61. The van der Waals surface area contributed by atoms with Crippen LogP contribution in [0.15, 0.2) is 24.3 Å². The predicted octanol–water partition coefficient (Wildman–Crippen LogP) is 2.67. The average Bonchev–Trinajstić information content (AvgIpc) is 3.06. The number of piperidine rings is 1. The lowest BCUT2D eigenvalue weighted by Crippen LogP contribution is -2.46. The summed E-state index contributed by atoms with van der Waals surface area (Å²) >= 11 is 0. The molecule has 5 nitrogen and oxygen atoms in total. The molecule has 2 unspecified atom stereocenters. The van der Waals surface area contributed by atoms with Gasteiger partial charge in [0.1, 0.15) is 5.75 Å². The van der Waals surface area contributed by atoms with E-state index in [0.29, 0.717) is 13.1 Å². The van der Waals surface area contributed by atoms with Crippen LogP contribution in [-0.4, -0.2) is 42.8 Å². The fourth-order valence-electron chi connectivity index (χ4n) is 3.88. The lowest BCUT2D eigenvalue weighted by Gasteiger charge is -2.33. The summed E-state index contributed by atoms with van der Waals surface area (Å²) in [6.45, 7) is 1.32. The van der Waals surface area contributed by atoms with E-state index in [4.69, 9.17) is 10.5 Å². The fourth-order valence-corrected chi connectivity index (χ4v) is 3.88. The van der Waals surface area contributed by atoms with E-state index in [1.807, 2.05) is 29.2 Å². The van der Waals surface area contributed by atoms with Crippen LogP contribution in [0.1, 0.15) is 42.5 Å². The summed E-state index contributed by atoms with van der Waals surface area (Å²) in [6.07, 6.45) is 4.37.